The Hall–Kier alpha value is -0.870. The number of carbonyl (C=O) groups excluding carboxylic acids is 1. The minimum absolute atomic E-state index is 0.0914. The minimum atomic E-state index is -0.295. The summed E-state index contributed by atoms with van der Waals surface area (Å²) in [7, 11) is 0. The number of nitrogens with two attached hydrogens (primary N) is 1. The van der Waals surface area contributed by atoms with Crippen molar-refractivity contribution < 1.29 is 4.79 Å². The van der Waals surface area contributed by atoms with Gasteiger partial charge in [-0.3, -0.25) is 4.79 Å². The third kappa shape index (κ3) is 5.33. The van der Waals surface area contributed by atoms with Gasteiger partial charge in [0, 0.05) is 28.3 Å². The van der Waals surface area contributed by atoms with Gasteiger partial charge in [0.2, 0.25) is 5.91 Å². The van der Waals surface area contributed by atoms with E-state index in [1.807, 2.05) is 13.8 Å². The number of hydrogen-bond acceptors (Lipinski definition) is 3. The Morgan fingerprint density at radius 1 is 1.47 bits per heavy atom. The number of carbonyl (C=O) groups is 1. The molecule has 1 amide bonds. The Balaban J connectivity index is 2.25. The molecule has 0 saturated heterocycles. The number of thiophene rings is 1. The maximum absolute atomic E-state index is 11.6. The van der Waals surface area contributed by atoms with Crippen molar-refractivity contribution in [2.75, 3.05) is 6.54 Å². The number of amides is 1. The fourth-order valence-electron chi connectivity index (χ4n) is 1.53. The summed E-state index contributed by atoms with van der Waals surface area (Å²) in [6, 6.07) is 4.26. The molecule has 0 fully saturated rings. The molecule has 4 heteroatoms. The fourth-order valence-corrected chi connectivity index (χ4v) is 2.47. The van der Waals surface area contributed by atoms with Crippen molar-refractivity contribution in [1.82, 2.24) is 5.32 Å². The average Bonchev–Trinajstić information content (AvgIpc) is 2.63. The van der Waals surface area contributed by atoms with Crippen LogP contribution in [-0.2, 0) is 11.2 Å². The monoisotopic (exact) mass is 254 g/mol. The third-order valence-electron chi connectivity index (χ3n) is 2.61. The van der Waals surface area contributed by atoms with Crippen LogP contribution in [0.3, 0.4) is 0 Å². The molecule has 1 aromatic heterocycles. The molecule has 1 rings (SSSR count). The van der Waals surface area contributed by atoms with E-state index in [0.29, 0.717) is 13.0 Å². The number of aryl methyl sites for hydroxylation is 2. The van der Waals surface area contributed by atoms with Crippen molar-refractivity contribution in [1.29, 1.82) is 0 Å². The summed E-state index contributed by atoms with van der Waals surface area (Å²) in [5.74, 6) is 0.0914. The largest absolute Gasteiger partial charge is 0.350 e. The van der Waals surface area contributed by atoms with Crippen LogP contribution in [0.4, 0.5) is 0 Å². The molecule has 0 unspecified atom stereocenters. The summed E-state index contributed by atoms with van der Waals surface area (Å²) in [5, 5.41) is 2.94. The quantitative estimate of drug-likeness (QED) is 0.818. The summed E-state index contributed by atoms with van der Waals surface area (Å²) >= 11 is 1.81. The van der Waals surface area contributed by atoms with Crippen molar-refractivity contribution >= 4 is 17.2 Å². The zero-order valence-corrected chi connectivity index (χ0v) is 11.7. The molecule has 0 spiro atoms. The number of hydrogen-bond donors (Lipinski definition) is 2. The zero-order chi connectivity index (χ0) is 12.9. The Bertz CT molecular complexity index is 371. The SMILES string of the molecule is Cc1ccc(CCCC(=O)NC(C)(C)CN)s1. The van der Waals surface area contributed by atoms with Gasteiger partial charge in [-0.15, -0.1) is 11.3 Å². The highest BCUT2D eigenvalue weighted by Gasteiger charge is 2.17. The van der Waals surface area contributed by atoms with Crippen LogP contribution in [-0.4, -0.2) is 18.0 Å². The zero-order valence-electron chi connectivity index (χ0n) is 10.9. The first-order chi connectivity index (χ1) is 7.93. The van der Waals surface area contributed by atoms with E-state index in [1.54, 1.807) is 11.3 Å². The summed E-state index contributed by atoms with van der Waals surface area (Å²) < 4.78 is 0. The normalized spacial score (nSPS) is 11.5. The van der Waals surface area contributed by atoms with Crippen LogP contribution in [0.2, 0.25) is 0 Å². The van der Waals surface area contributed by atoms with Crippen molar-refractivity contribution in [2.45, 2.75) is 45.6 Å². The first-order valence-corrected chi connectivity index (χ1v) is 6.81. The summed E-state index contributed by atoms with van der Waals surface area (Å²) in [5.41, 5.74) is 5.27. The van der Waals surface area contributed by atoms with Gasteiger partial charge in [0.15, 0.2) is 0 Å². The molecule has 17 heavy (non-hydrogen) atoms. The second kappa shape index (κ2) is 6.17. The van der Waals surface area contributed by atoms with E-state index in [0.717, 1.165) is 12.8 Å². The van der Waals surface area contributed by atoms with E-state index in [-0.39, 0.29) is 11.4 Å². The first kappa shape index (κ1) is 14.2. The number of rotatable bonds is 6. The Morgan fingerprint density at radius 2 is 2.18 bits per heavy atom. The van der Waals surface area contributed by atoms with Gasteiger partial charge in [-0.25, -0.2) is 0 Å². The molecule has 3 nitrogen and oxygen atoms in total. The van der Waals surface area contributed by atoms with Crippen LogP contribution in [0.25, 0.3) is 0 Å². The van der Waals surface area contributed by atoms with E-state index in [4.69, 9.17) is 5.73 Å². The van der Waals surface area contributed by atoms with Crippen molar-refractivity contribution in [2.24, 2.45) is 5.73 Å². The molecular weight excluding hydrogens is 232 g/mol. The second-order valence-corrected chi connectivity index (χ2v) is 6.37. The highest BCUT2D eigenvalue weighted by atomic mass is 32.1. The third-order valence-corrected chi connectivity index (χ3v) is 3.67. The van der Waals surface area contributed by atoms with E-state index in [2.05, 4.69) is 24.4 Å². The summed E-state index contributed by atoms with van der Waals surface area (Å²) in [4.78, 5) is 14.3. The van der Waals surface area contributed by atoms with Gasteiger partial charge in [0.05, 0.1) is 0 Å². The minimum Gasteiger partial charge on any atom is -0.350 e. The smallest absolute Gasteiger partial charge is 0.220 e. The van der Waals surface area contributed by atoms with Crippen LogP contribution in [0.15, 0.2) is 12.1 Å². The maximum Gasteiger partial charge on any atom is 0.220 e. The highest BCUT2D eigenvalue weighted by molar-refractivity contribution is 7.11. The van der Waals surface area contributed by atoms with Crippen LogP contribution in [0, 0.1) is 6.92 Å². The number of nitrogens with one attached hydrogen (secondary N) is 1. The lowest BCUT2D eigenvalue weighted by molar-refractivity contribution is -0.122. The van der Waals surface area contributed by atoms with Gasteiger partial charge in [-0.05, 0) is 45.7 Å². The summed E-state index contributed by atoms with van der Waals surface area (Å²) in [6.07, 6.45) is 2.45. The lowest BCUT2D eigenvalue weighted by Gasteiger charge is -2.24. The molecule has 3 N–H and O–H groups in total. The molecule has 0 aliphatic heterocycles. The van der Waals surface area contributed by atoms with Gasteiger partial charge >= 0.3 is 0 Å². The van der Waals surface area contributed by atoms with Gasteiger partial charge in [0.1, 0.15) is 0 Å². The van der Waals surface area contributed by atoms with E-state index in [9.17, 15) is 4.79 Å². The van der Waals surface area contributed by atoms with Crippen LogP contribution >= 0.6 is 11.3 Å². The molecule has 0 saturated carbocycles. The molecule has 0 aromatic carbocycles. The maximum atomic E-state index is 11.6. The fraction of sp³-hybridized carbons (Fsp3) is 0.615. The molecule has 0 atom stereocenters. The van der Waals surface area contributed by atoms with Gasteiger partial charge < -0.3 is 11.1 Å². The van der Waals surface area contributed by atoms with Crippen molar-refractivity contribution in [3.8, 4) is 0 Å². The standard InChI is InChI=1S/C13H22N2OS/c1-10-7-8-11(17-10)5-4-6-12(16)15-13(2,3)9-14/h7-8H,4-6,9,14H2,1-3H3,(H,15,16). The van der Waals surface area contributed by atoms with E-state index >= 15 is 0 Å². The molecule has 0 bridgehead atoms. The topological polar surface area (TPSA) is 55.1 Å². The van der Waals surface area contributed by atoms with E-state index < -0.39 is 0 Å². The molecular formula is C13H22N2OS. The van der Waals surface area contributed by atoms with Crippen molar-refractivity contribution in [3.05, 3.63) is 21.9 Å². The van der Waals surface area contributed by atoms with Crippen LogP contribution in [0.5, 0.6) is 0 Å². The van der Waals surface area contributed by atoms with Gasteiger partial charge in [-0.2, -0.15) is 0 Å². The lowest BCUT2D eigenvalue weighted by Crippen LogP contribution is -2.48. The predicted molar refractivity (Wildman–Crippen MR) is 73.3 cm³/mol. The van der Waals surface area contributed by atoms with E-state index in [1.165, 1.54) is 9.75 Å². The van der Waals surface area contributed by atoms with Crippen LogP contribution in [0.1, 0.15) is 36.4 Å². The molecule has 0 aliphatic carbocycles. The second-order valence-electron chi connectivity index (χ2n) is 5.00. The molecule has 1 heterocycles. The molecule has 0 aliphatic rings. The van der Waals surface area contributed by atoms with Crippen molar-refractivity contribution in [3.63, 3.8) is 0 Å². The lowest BCUT2D eigenvalue weighted by atomic mass is 10.1. The molecule has 1 aromatic rings. The Kier molecular flexibility index (Phi) is 5.15. The first-order valence-electron chi connectivity index (χ1n) is 5.99. The summed E-state index contributed by atoms with van der Waals surface area (Å²) in [6.45, 7) is 6.44. The molecule has 0 radical (unpaired) electrons. The Labute approximate surface area is 107 Å². The van der Waals surface area contributed by atoms with Crippen LogP contribution < -0.4 is 11.1 Å². The average molecular weight is 254 g/mol. The molecule has 96 valence electrons. The predicted octanol–water partition coefficient (Wildman–Crippen LogP) is 2.23. The Morgan fingerprint density at radius 3 is 2.71 bits per heavy atom. The van der Waals surface area contributed by atoms with Gasteiger partial charge in [-0.1, -0.05) is 0 Å². The van der Waals surface area contributed by atoms with Gasteiger partial charge in [0.25, 0.3) is 0 Å². The highest BCUT2D eigenvalue weighted by Crippen LogP contribution is 2.17.